The van der Waals surface area contributed by atoms with Gasteiger partial charge in [-0.1, -0.05) is 97.3 Å². The molecule has 2 aliphatic rings. The number of rotatable bonds is 3. The molecule has 0 saturated heterocycles. The van der Waals surface area contributed by atoms with Crippen molar-refractivity contribution in [2.24, 2.45) is 11.8 Å². The van der Waals surface area contributed by atoms with Crippen molar-refractivity contribution in [2.75, 3.05) is 0 Å². The van der Waals surface area contributed by atoms with Gasteiger partial charge < -0.3 is 0 Å². The first-order valence-electron chi connectivity index (χ1n) is 8.36. The van der Waals surface area contributed by atoms with Crippen LogP contribution in [-0.2, 0) is 0 Å². The number of hydrogen-bond acceptors (Lipinski definition) is 0. The molecule has 0 aromatic heterocycles. The Bertz CT molecular complexity index is 147. The van der Waals surface area contributed by atoms with E-state index in [9.17, 15) is 0 Å². The summed E-state index contributed by atoms with van der Waals surface area (Å²) in [4.78, 5) is 0. The Labute approximate surface area is 110 Å². The van der Waals surface area contributed by atoms with Gasteiger partial charge in [-0.2, -0.15) is 0 Å². The number of hydrogen-bond donors (Lipinski definition) is 0. The molecule has 0 atom stereocenters. The normalized spacial score (nSPS) is 22.9. The average molecular weight is 238 g/mol. The molecule has 2 rings (SSSR count). The van der Waals surface area contributed by atoms with Crippen LogP contribution in [0.4, 0.5) is 0 Å². The van der Waals surface area contributed by atoms with E-state index in [1.54, 1.807) is 0 Å². The van der Waals surface area contributed by atoms with Gasteiger partial charge in [-0.15, -0.1) is 0 Å². The summed E-state index contributed by atoms with van der Waals surface area (Å²) in [5, 5.41) is 0. The van der Waals surface area contributed by atoms with Gasteiger partial charge in [0.1, 0.15) is 0 Å². The van der Waals surface area contributed by atoms with Crippen LogP contribution >= 0.6 is 0 Å². The molecule has 0 heteroatoms. The van der Waals surface area contributed by atoms with Crippen molar-refractivity contribution in [3.05, 3.63) is 0 Å². The first-order valence-corrected chi connectivity index (χ1v) is 8.36. The van der Waals surface area contributed by atoms with E-state index in [1.165, 1.54) is 83.5 Å². The van der Waals surface area contributed by atoms with Gasteiger partial charge in [0.05, 0.1) is 0 Å². The highest BCUT2D eigenvalue weighted by Gasteiger charge is 2.11. The second-order valence-electron chi connectivity index (χ2n) is 6.20. The third-order valence-electron chi connectivity index (χ3n) is 4.72. The Kier molecular flexibility index (Phi) is 8.83. The van der Waals surface area contributed by atoms with E-state index in [4.69, 9.17) is 0 Å². The molecule has 2 fully saturated rings. The first-order chi connectivity index (χ1) is 8.36. The molecule has 0 N–H and O–H groups in total. The van der Waals surface area contributed by atoms with Crippen molar-refractivity contribution < 1.29 is 0 Å². The zero-order chi connectivity index (χ0) is 12.3. The highest BCUT2D eigenvalue weighted by atomic mass is 14.2. The van der Waals surface area contributed by atoms with E-state index >= 15 is 0 Å². The van der Waals surface area contributed by atoms with Gasteiger partial charge >= 0.3 is 0 Å². The monoisotopic (exact) mass is 238 g/mol. The van der Waals surface area contributed by atoms with E-state index in [1.807, 2.05) is 0 Å². The van der Waals surface area contributed by atoms with Gasteiger partial charge in [-0.05, 0) is 11.8 Å². The summed E-state index contributed by atoms with van der Waals surface area (Å²) in [5.74, 6) is 2.19. The molecule has 0 aromatic carbocycles. The second kappa shape index (κ2) is 9.97. The average Bonchev–Trinajstić information content (AvgIpc) is 2.42. The van der Waals surface area contributed by atoms with Crippen LogP contribution in [0.2, 0.25) is 0 Å². The Morgan fingerprint density at radius 1 is 0.647 bits per heavy atom. The summed E-state index contributed by atoms with van der Waals surface area (Å²) in [5.41, 5.74) is 0. The molecular weight excluding hydrogens is 204 g/mol. The van der Waals surface area contributed by atoms with Crippen LogP contribution in [0, 0.1) is 11.8 Å². The molecule has 2 saturated carbocycles. The highest BCUT2D eigenvalue weighted by Crippen LogP contribution is 2.27. The molecule has 0 amide bonds. The molecule has 0 radical (unpaired) electrons. The molecule has 0 aromatic rings. The van der Waals surface area contributed by atoms with Gasteiger partial charge in [0.15, 0.2) is 0 Å². The van der Waals surface area contributed by atoms with Crippen molar-refractivity contribution in [2.45, 2.75) is 97.3 Å². The van der Waals surface area contributed by atoms with Crippen molar-refractivity contribution in [3.63, 3.8) is 0 Å². The maximum absolute atomic E-state index is 2.32. The van der Waals surface area contributed by atoms with E-state index in [2.05, 4.69) is 13.8 Å². The van der Waals surface area contributed by atoms with E-state index < -0.39 is 0 Å². The van der Waals surface area contributed by atoms with Gasteiger partial charge in [-0.25, -0.2) is 0 Å². The lowest BCUT2D eigenvalue weighted by atomic mass is 9.86. The van der Waals surface area contributed by atoms with Crippen LogP contribution in [0.25, 0.3) is 0 Å². The topological polar surface area (TPSA) is 0 Å². The summed E-state index contributed by atoms with van der Waals surface area (Å²) < 4.78 is 0. The molecule has 2 aliphatic carbocycles. The molecule has 17 heavy (non-hydrogen) atoms. The fourth-order valence-corrected chi connectivity index (χ4v) is 3.48. The fourth-order valence-electron chi connectivity index (χ4n) is 3.48. The zero-order valence-electron chi connectivity index (χ0n) is 12.3. The van der Waals surface area contributed by atoms with Crippen molar-refractivity contribution in [3.8, 4) is 0 Å². The smallest absolute Gasteiger partial charge is 0.0414 e. The zero-order valence-corrected chi connectivity index (χ0v) is 12.3. The third kappa shape index (κ3) is 7.11. The molecule has 0 unspecified atom stereocenters. The van der Waals surface area contributed by atoms with Crippen LogP contribution in [-0.4, -0.2) is 0 Å². The van der Waals surface area contributed by atoms with Crippen LogP contribution in [0.5, 0.6) is 0 Å². The van der Waals surface area contributed by atoms with Crippen molar-refractivity contribution in [1.29, 1.82) is 0 Å². The lowest BCUT2D eigenvalue weighted by molar-refractivity contribution is 0.336. The molecular formula is C17H34. The molecule has 102 valence electrons. The Balaban J connectivity index is 0.000000171. The van der Waals surface area contributed by atoms with Crippen molar-refractivity contribution >= 4 is 0 Å². The molecule has 0 heterocycles. The van der Waals surface area contributed by atoms with Gasteiger partial charge in [0.2, 0.25) is 0 Å². The van der Waals surface area contributed by atoms with Crippen LogP contribution in [0.15, 0.2) is 0 Å². The maximum Gasteiger partial charge on any atom is -0.0414 e. The minimum Gasteiger partial charge on any atom is -0.0654 e. The Morgan fingerprint density at radius 2 is 1.12 bits per heavy atom. The minimum absolute atomic E-state index is 1.09. The van der Waals surface area contributed by atoms with Crippen LogP contribution in [0.3, 0.4) is 0 Å². The SMILES string of the molecule is CCC1CCCCC1.CCCC1CCCCC1. The second-order valence-corrected chi connectivity index (χ2v) is 6.20. The largest absolute Gasteiger partial charge is 0.0654 e. The van der Waals surface area contributed by atoms with Crippen LogP contribution in [0.1, 0.15) is 97.3 Å². The maximum atomic E-state index is 2.32. The summed E-state index contributed by atoms with van der Waals surface area (Å²) in [6.45, 7) is 4.62. The third-order valence-corrected chi connectivity index (χ3v) is 4.72. The Hall–Kier alpha value is 0. The van der Waals surface area contributed by atoms with Gasteiger partial charge in [-0.3, -0.25) is 0 Å². The predicted octanol–water partition coefficient (Wildman–Crippen LogP) is 6.34. The summed E-state index contributed by atoms with van der Waals surface area (Å²) >= 11 is 0. The molecule has 0 aliphatic heterocycles. The summed E-state index contributed by atoms with van der Waals surface area (Å²) in [7, 11) is 0. The van der Waals surface area contributed by atoms with E-state index in [0.717, 1.165) is 11.8 Å². The summed E-state index contributed by atoms with van der Waals surface area (Å²) in [6, 6.07) is 0. The van der Waals surface area contributed by atoms with E-state index in [0.29, 0.717) is 0 Å². The van der Waals surface area contributed by atoms with Crippen LogP contribution < -0.4 is 0 Å². The van der Waals surface area contributed by atoms with Gasteiger partial charge in [0, 0.05) is 0 Å². The standard InChI is InChI=1S/C9H18.C8H16/c1-2-6-9-7-4-3-5-8-9;1-2-8-6-4-3-5-7-8/h9H,2-8H2,1H3;8H,2-7H2,1H3. The minimum atomic E-state index is 1.09. The van der Waals surface area contributed by atoms with Gasteiger partial charge in [0.25, 0.3) is 0 Å². The quantitative estimate of drug-likeness (QED) is 0.538. The van der Waals surface area contributed by atoms with E-state index in [-0.39, 0.29) is 0 Å². The van der Waals surface area contributed by atoms with Crippen molar-refractivity contribution in [1.82, 2.24) is 0 Å². The lowest BCUT2D eigenvalue weighted by Gasteiger charge is -2.20. The highest BCUT2D eigenvalue weighted by molar-refractivity contribution is 4.64. The molecule has 0 nitrogen and oxygen atoms in total. The first kappa shape index (κ1) is 15.1. The Morgan fingerprint density at radius 3 is 1.47 bits per heavy atom. The predicted molar refractivity (Wildman–Crippen MR) is 78.3 cm³/mol. The fraction of sp³-hybridized carbons (Fsp3) is 1.00. The summed E-state index contributed by atoms with van der Waals surface area (Å²) in [6.07, 6.45) is 19.4. The molecule has 0 spiro atoms. The lowest BCUT2D eigenvalue weighted by Crippen LogP contribution is -2.04. The molecule has 0 bridgehead atoms.